The van der Waals surface area contributed by atoms with Crippen molar-refractivity contribution in [3.8, 4) is 12.3 Å². The minimum absolute atomic E-state index is 0.326. The predicted octanol–water partition coefficient (Wildman–Crippen LogP) is 2.80. The van der Waals surface area contributed by atoms with Crippen LogP contribution in [0.15, 0.2) is 0 Å². The van der Waals surface area contributed by atoms with Crippen molar-refractivity contribution < 1.29 is 4.74 Å². The maximum absolute atomic E-state index is 5.72. The Hall–Kier alpha value is -0.130. The highest BCUT2D eigenvalue weighted by Gasteiger charge is 2.34. The molecule has 80 valence electrons. The molecule has 0 aliphatic carbocycles. The Kier molecular flexibility index (Phi) is 4.34. The SMILES string of the molecule is C#CCOC1CCSCC1C(C)(C)C. The molecule has 1 saturated heterocycles. The summed E-state index contributed by atoms with van der Waals surface area (Å²) in [6.45, 7) is 7.32. The number of ether oxygens (including phenoxy) is 1. The Bertz CT molecular complexity index is 211. The standard InChI is InChI=1S/C12H20OS/c1-5-7-13-11-6-8-14-9-10(11)12(2,3)4/h1,10-11H,6-9H2,2-4H3. The molecule has 0 saturated carbocycles. The molecule has 1 fully saturated rings. The summed E-state index contributed by atoms with van der Waals surface area (Å²) in [4.78, 5) is 0. The van der Waals surface area contributed by atoms with Gasteiger partial charge in [0.2, 0.25) is 0 Å². The predicted molar refractivity (Wildman–Crippen MR) is 63.5 cm³/mol. The first kappa shape index (κ1) is 11.9. The van der Waals surface area contributed by atoms with Gasteiger partial charge in [-0.2, -0.15) is 11.8 Å². The Morgan fingerprint density at radius 2 is 2.21 bits per heavy atom. The van der Waals surface area contributed by atoms with Crippen LogP contribution >= 0.6 is 11.8 Å². The third-order valence-corrected chi connectivity index (χ3v) is 3.91. The average Bonchev–Trinajstić information content (AvgIpc) is 2.14. The molecule has 0 spiro atoms. The highest BCUT2D eigenvalue weighted by atomic mass is 32.2. The summed E-state index contributed by atoms with van der Waals surface area (Å²) in [7, 11) is 0. The molecule has 0 amide bonds. The minimum atomic E-state index is 0.326. The Morgan fingerprint density at radius 1 is 1.50 bits per heavy atom. The van der Waals surface area contributed by atoms with Gasteiger partial charge in [0.05, 0.1) is 6.10 Å². The van der Waals surface area contributed by atoms with Crippen LogP contribution in [0.25, 0.3) is 0 Å². The molecular weight excluding hydrogens is 192 g/mol. The third-order valence-electron chi connectivity index (χ3n) is 2.79. The van der Waals surface area contributed by atoms with Crippen LogP contribution in [0, 0.1) is 23.7 Å². The third kappa shape index (κ3) is 3.22. The van der Waals surface area contributed by atoms with Crippen molar-refractivity contribution in [1.82, 2.24) is 0 Å². The highest BCUT2D eigenvalue weighted by Crippen LogP contribution is 2.37. The van der Waals surface area contributed by atoms with E-state index in [9.17, 15) is 0 Å². The second kappa shape index (κ2) is 5.09. The second-order valence-electron chi connectivity index (χ2n) is 4.89. The number of thioether (sulfide) groups is 1. The van der Waals surface area contributed by atoms with E-state index in [2.05, 4.69) is 26.7 Å². The second-order valence-corrected chi connectivity index (χ2v) is 6.04. The van der Waals surface area contributed by atoms with E-state index in [1.165, 1.54) is 11.5 Å². The van der Waals surface area contributed by atoms with Crippen molar-refractivity contribution in [3.63, 3.8) is 0 Å². The Morgan fingerprint density at radius 3 is 2.79 bits per heavy atom. The molecule has 2 atom stereocenters. The fourth-order valence-electron chi connectivity index (χ4n) is 1.88. The van der Waals surface area contributed by atoms with E-state index in [0.29, 0.717) is 24.0 Å². The summed E-state index contributed by atoms with van der Waals surface area (Å²) < 4.78 is 5.72. The molecule has 0 aromatic rings. The number of terminal acetylenes is 1. The van der Waals surface area contributed by atoms with Gasteiger partial charge in [0.25, 0.3) is 0 Å². The van der Waals surface area contributed by atoms with E-state index in [1.807, 2.05) is 11.8 Å². The maximum Gasteiger partial charge on any atom is 0.107 e. The Labute approximate surface area is 92.0 Å². The maximum atomic E-state index is 5.72. The molecule has 14 heavy (non-hydrogen) atoms. The lowest BCUT2D eigenvalue weighted by molar-refractivity contribution is -0.00365. The van der Waals surface area contributed by atoms with Crippen molar-refractivity contribution >= 4 is 11.8 Å². The smallest absolute Gasteiger partial charge is 0.107 e. The molecule has 0 N–H and O–H groups in total. The van der Waals surface area contributed by atoms with Crippen molar-refractivity contribution in [1.29, 1.82) is 0 Å². The molecule has 2 heteroatoms. The largest absolute Gasteiger partial charge is 0.365 e. The van der Waals surface area contributed by atoms with Gasteiger partial charge in [-0.1, -0.05) is 26.7 Å². The summed E-state index contributed by atoms with van der Waals surface area (Å²) in [6, 6.07) is 0. The molecule has 0 aromatic heterocycles. The minimum Gasteiger partial charge on any atom is -0.365 e. The molecule has 1 aliphatic rings. The molecular formula is C12H20OS. The molecule has 1 rings (SSSR count). The molecule has 1 heterocycles. The van der Waals surface area contributed by atoms with Crippen molar-refractivity contribution in [2.24, 2.45) is 11.3 Å². The summed E-state index contributed by atoms with van der Waals surface area (Å²) in [6.07, 6.45) is 6.73. The van der Waals surface area contributed by atoms with E-state index >= 15 is 0 Å². The number of rotatable bonds is 2. The number of hydrogen-bond acceptors (Lipinski definition) is 2. The topological polar surface area (TPSA) is 9.23 Å². The molecule has 0 aromatic carbocycles. The van der Waals surface area contributed by atoms with E-state index in [1.54, 1.807) is 0 Å². The van der Waals surface area contributed by atoms with Crippen LogP contribution in [-0.4, -0.2) is 24.2 Å². The Balaban J connectivity index is 2.56. The molecule has 2 unspecified atom stereocenters. The van der Waals surface area contributed by atoms with Gasteiger partial charge in [-0.15, -0.1) is 6.42 Å². The van der Waals surface area contributed by atoms with Crippen LogP contribution in [0.4, 0.5) is 0 Å². The zero-order valence-electron chi connectivity index (χ0n) is 9.38. The van der Waals surface area contributed by atoms with Gasteiger partial charge in [-0.3, -0.25) is 0 Å². The van der Waals surface area contributed by atoms with Gasteiger partial charge in [-0.25, -0.2) is 0 Å². The van der Waals surface area contributed by atoms with E-state index in [-0.39, 0.29) is 0 Å². The van der Waals surface area contributed by atoms with Crippen LogP contribution in [0.1, 0.15) is 27.2 Å². The normalized spacial score (nSPS) is 28.4. The fraction of sp³-hybridized carbons (Fsp3) is 0.833. The average molecular weight is 212 g/mol. The zero-order valence-corrected chi connectivity index (χ0v) is 10.2. The van der Waals surface area contributed by atoms with Crippen LogP contribution < -0.4 is 0 Å². The lowest BCUT2D eigenvalue weighted by Gasteiger charge is -2.39. The van der Waals surface area contributed by atoms with Crippen LogP contribution in [0.5, 0.6) is 0 Å². The van der Waals surface area contributed by atoms with Gasteiger partial charge in [0.15, 0.2) is 0 Å². The molecule has 1 aliphatic heterocycles. The first-order valence-electron chi connectivity index (χ1n) is 5.18. The summed E-state index contributed by atoms with van der Waals surface area (Å²) in [5.74, 6) is 5.61. The highest BCUT2D eigenvalue weighted by molar-refractivity contribution is 7.99. The summed E-state index contributed by atoms with van der Waals surface area (Å²) in [5.41, 5.74) is 0.326. The summed E-state index contributed by atoms with van der Waals surface area (Å²) >= 11 is 2.04. The van der Waals surface area contributed by atoms with Crippen molar-refractivity contribution in [2.75, 3.05) is 18.1 Å². The van der Waals surface area contributed by atoms with Crippen molar-refractivity contribution in [2.45, 2.75) is 33.3 Å². The van der Waals surface area contributed by atoms with E-state index in [0.717, 1.165) is 6.42 Å². The van der Waals surface area contributed by atoms with Crippen LogP contribution in [0.3, 0.4) is 0 Å². The molecule has 1 nitrogen and oxygen atoms in total. The van der Waals surface area contributed by atoms with E-state index in [4.69, 9.17) is 11.2 Å². The van der Waals surface area contributed by atoms with Gasteiger partial charge in [-0.05, 0) is 29.3 Å². The first-order chi connectivity index (χ1) is 6.55. The van der Waals surface area contributed by atoms with Crippen LogP contribution in [-0.2, 0) is 4.74 Å². The van der Waals surface area contributed by atoms with Gasteiger partial charge in [0.1, 0.15) is 6.61 Å². The lowest BCUT2D eigenvalue weighted by Crippen LogP contribution is -2.39. The van der Waals surface area contributed by atoms with Crippen LogP contribution in [0.2, 0.25) is 0 Å². The fourth-order valence-corrected chi connectivity index (χ4v) is 3.41. The number of hydrogen-bond donors (Lipinski definition) is 0. The van der Waals surface area contributed by atoms with E-state index < -0.39 is 0 Å². The molecule has 0 radical (unpaired) electrons. The van der Waals surface area contributed by atoms with Gasteiger partial charge < -0.3 is 4.74 Å². The molecule has 0 bridgehead atoms. The lowest BCUT2D eigenvalue weighted by atomic mass is 9.77. The summed E-state index contributed by atoms with van der Waals surface area (Å²) in [5, 5.41) is 0. The van der Waals surface area contributed by atoms with Gasteiger partial charge >= 0.3 is 0 Å². The van der Waals surface area contributed by atoms with Gasteiger partial charge in [0, 0.05) is 0 Å². The van der Waals surface area contributed by atoms with Crippen molar-refractivity contribution in [3.05, 3.63) is 0 Å². The quantitative estimate of drug-likeness (QED) is 0.651. The monoisotopic (exact) mass is 212 g/mol. The zero-order chi connectivity index (χ0) is 10.6. The first-order valence-corrected chi connectivity index (χ1v) is 6.34.